The number of benzene rings is 1. The lowest BCUT2D eigenvalue weighted by molar-refractivity contribution is 0.102. The quantitative estimate of drug-likeness (QED) is 0.255. The maximum absolute atomic E-state index is 13.1. The van der Waals surface area contributed by atoms with Gasteiger partial charge in [-0.2, -0.15) is 0 Å². The van der Waals surface area contributed by atoms with Crippen LogP contribution in [0.3, 0.4) is 0 Å². The van der Waals surface area contributed by atoms with E-state index in [2.05, 4.69) is 26.3 Å². The molecule has 0 saturated heterocycles. The van der Waals surface area contributed by atoms with Crippen LogP contribution < -0.4 is 9.47 Å². The molecule has 0 spiro atoms. The molecular weight excluding hydrogens is 456 g/mol. The number of ketones is 1. The molecule has 4 aromatic rings. The molecule has 7 nitrogen and oxygen atoms in total. The lowest BCUT2D eigenvalue weighted by Crippen LogP contribution is -2.08. The average Bonchev–Trinajstić information content (AvgIpc) is 3.60. The van der Waals surface area contributed by atoms with E-state index in [9.17, 15) is 4.79 Å². The third-order valence-electron chi connectivity index (χ3n) is 5.76. The van der Waals surface area contributed by atoms with E-state index in [0.717, 1.165) is 56.4 Å². The molecule has 1 aliphatic rings. The number of carbonyl (C=O) groups excluding carboxylic acids is 1. The van der Waals surface area contributed by atoms with Gasteiger partial charge in [-0.25, -0.2) is 0 Å². The summed E-state index contributed by atoms with van der Waals surface area (Å²) in [6.45, 7) is 7.78. The van der Waals surface area contributed by atoms with Gasteiger partial charge >= 0.3 is 0 Å². The van der Waals surface area contributed by atoms with Gasteiger partial charge in [0.2, 0.25) is 6.79 Å². The number of ether oxygens (including phenoxy) is 2. The van der Waals surface area contributed by atoms with Crippen molar-refractivity contribution in [3.05, 3.63) is 64.3 Å². The molecule has 1 aliphatic heterocycles. The highest BCUT2D eigenvalue weighted by Crippen LogP contribution is 2.33. The van der Waals surface area contributed by atoms with Crippen LogP contribution in [-0.2, 0) is 13.1 Å². The number of carbonyl (C=O) groups is 1. The third kappa shape index (κ3) is 4.18. The number of aromatic nitrogens is 4. The zero-order valence-corrected chi connectivity index (χ0v) is 20.3. The number of rotatable bonds is 8. The molecule has 0 amide bonds. The number of fused-ring (bicyclic) bond motifs is 1. The Hall–Kier alpha value is -3.04. The summed E-state index contributed by atoms with van der Waals surface area (Å²) in [5.41, 5.74) is 3.87. The van der Waals surface area contributed by atoms with E-state index in [1.165, 1.54) is 11.8 Å². The van der Waals surface area contributed by atoms with Crippen LogP contribution >= 0.6 is 23.1 Å². The van der Waals surface area contributed by atoms with Gasteiger partial charge in [-0.05, 0) is 56.0 Å². The summed E-state index contributed by atoms with van der Waals surface area (Å²) >= 11 is 3.08. The number of nitrogens with zero attached hydrogens (tertiary/aromatic N) is 4. The normalized spacial score (nSPS) is 12.5. The smallest absolute Gasteiger partial charge is 0.231 e. The number of thiophene rings is 1. The SMILES string of the molecule is CCn1c(SCC(=O)c2cc(C)n(Cc3ccc4c(c3)OCO4)c2C)nnc1-c1cccs1. The summed E-state index contributed by atoms with van der Waals surface area (Å²) < 4.78 is 15.1. The minimum atomic E-state index is 0.0911. The van der Waals surface area contributed by atoms with E-state index < -0.39 is 0 Å². The van der Waals surface area contributed by atoms with E-state index in [-0.39, 0.29) is 12.6 Å². The lowest BCUT2D eigenvalue weighted by Gasteiger charge is -2.11. The zero-order chi connectivity index (χ0) is 22.9. The van der Waals surface area contributed by atoms with Gasteiger partial charge in [0.1, 0.15) is 0 Å². The van der Waals surface area contributed by atoms with Gasteiger partial charge < -0.3 is 18.6 Å². The number of thioether (sulfide) groups is 1. The summed E-state index contributed by atoms with van der Waals surface area (Å²) in [7, 11) is 0. The Balaban J connectivity index is 1.31. The highest BCUT2D eigenvalue weighted by atomic mass is 32.2. The Kier molecular flexibility index (Phi) is 5.99. The molecule has 0 N–H and O–H groups in total. The number of Topliss-reactive ketones (excluding diaryl/α,β-unsaturated/α-hetero) is 1. The van der Waals surface area contributed by atoms with Crippen LogP contribution in [0.5, 0.6) is 11.5 Å². The molecule has 0 unspecified atom stereocenters. The van der Waals surface area contributed by atoms with E-state index in [0.29, 0.717) is 12.3 Å². The molecule has 1 aromatic carbocycles. The highest BCUT2D eigenvalue weighted by molar-refractivity contribution is 7.99. The van der Waals surface area contributed by atoms with Crippen molar-refractivity contribution < 1.29 is 14.3 Å². The van der Waals surface area contributed by atoms with E-state index in [1.807, 2.05) is 55.6 Å². The van der Waals surface area contributed by atoms with Crippen LogP contribution in [0.25, 0.3) is 10.7 Å². The molecule has 4 heterocycles. The molecule has 170 valence electrons. The Morgan fingerprint density at radius 1 is 1.12 bits per heavy atom. The molecule has 3 aromatic heterocycles. The second kappa shape index (κ2) is 9.07. The number of aryl methyl sites for hydroxylation is 1. The first-order chi connectivity index (χ1) is 16.0. The van der Waals surface area contributed by atoms with Crippen molar-refractivity contribution in [3.63, 3.8) is 0 Å². The van der Waals surface area contributed by atoms with Gasteiger partial charge in [-0.1, -0.05) is 23.9 Å². The Morgan fingerprint density at radius 2 is 1.97 bits per heavy atom. The second-order valence-corrected chi connectivity index (χ2v) is 9.69. The predicted molar refractivity (Wildman–Crippen MR) is 130 cm³/mol. The van der Waals surface area contributed by atoms with Gasteiger partial charge in [0.05, 0.1) is 10.6 Å². The van der Waals surface area contributed by atoms with Gasteiger partial charge in [0, 0.05) is 30.0 Å². The van der Waals surface area contributed by atoms with Crippen molar-refractivity contribution in [2.45, 2.75) is 39.0 Å². The Morgan fingerprint density at radius 3 is 2.76 bits per heavy atom. The van der Waals surface area contributed by atoms with Gasteiger partial charge in [-0.3, -0.25) is 4.79 Å². The maximum atomic E-state index is 13.1. The van der Waals surface area contributed by atoms with Crippen LogP contribution in [0.2, 0.25) is 0 Å². The minimum Gasteiger partial charge on any atom is -0.454 e. The van der Waals surface area contributed by atoms with E-state index in [4.69, 9.17) is 9.47 Å². The first-order valence-electron chi connectivity index (χ1n) is 10.7. The van der Waals surface area contributed by atoms with Crippen LogP contribution in [-0.4, -0.2) is 37.7 Å². The molecule has 9 heteroatoms. The molecule has 33 heavy (non-hydrogen) atoms. The fraction of sp³-hybridized carbons (Fsp3) is 0.292. The van der Waals surface area contributed by atoms with Crippen LogP contribution in [0.1, 0.15) is 34.2 Å². The van der Waals surface area contributed by atoms with Crippen molar-refractivity contribution in [1.82, 2.24) is 19.3 Å². The average molecular weight is 481 g/mol. The summed E-state index contributed by atoms with van der Waals surface area (Å²) in [5, 5.41) is 11.5. The number of hydrogen-bond acceptors (Lipinski definition) is 7. The summed E-state index contributed by atoms with van der Waals surface area (Å²) in [6, 6.07) is 12.0. The first kappa shape index (κ1) is 21.8. The summed E-state index contributed by atoms with van der Waals surface area (Å²) in [6.07, 6.45) is 0. The van der Waals surface area contributed by atoms with Crippen LogP contribution in [0.4, 0.5) is 0 Å². The van der Waals surface area contributed by atoms with Crippen molar-refractivity contribution in [2.75, 3.05) is 12.5 Å². The highest BCUT2D eigenvalue weighted by Gasteiger charge is 2.20. The molecule has 0 bridgehead atoms. The summed E-state index contributed by atoms with van der Waals surface area (Å²) in [4.78, 5) is 14.2. The second-order valence-electron chi connectivity index (χ2n) is 7.80. The maximum Gasteiger partial charge on any atom is 0.231 e. The van der Waals surface area contributed by atoms with Gasteiger partial charge in [0.15, 0.2) is 28.3 Å². The fourth-order valence-electron chi connectivity index (χ4n) is 4.03. The van der Waals surface area contributed by atoms with Crippen molar-refractivity contribution in [2.24, 2.45) is 0 Å². The molecule has 0 atom stereocenters. The molecule has 0 saturated carbocycles. The molecular formula is C24H24N4O3S2. The van der Waals surface area contributed by atoms with Crippen molar-refractivity contribution in [3.8, 4) is 22.2 Å². The standard InChI is InChI=1S/C24H24N4O3S2/c1-4-27-23(22-6-5-9-32-22)25-26-24(27)33-13-19(29)18-10-15(2)28(16(18)3)12-17-7-8-20-21(11-17)31-14-30-20/h5-11H,4,12-14H2,1-3H3. The zero-order valence-electron chi connectivity index (χ0n) is 18.7. The molecule has 5 rings (SSSR count). The monoisotopic (exact) mass is 480 g/mol. The van der Waals surface area contributed by atoms with Crippen LogP contribution in [0, 0.1) is 13.8 Å². The largest absolute Gasteiger partial charge is 0.454 e. The Labute approximate surface area is 200 Å². The first-order valence-corrected chi connectivity index (χ1v) is 12.6. The van der Waals surface area contributed by atoms with Gasteiger partial charge in [-0.15, -0.1) is 21.5 Å². The fourth-order valence-corrected chi connectivity index (χ4v) is 5.63. The molecule has 0 fully saturated rings. The molecule has 0 radical (unpaired) electrons. The molecule has 0 aliphatic carbocycles. The predicted octanol–water partition coefficient (Wildman–Crippen LogP) is 5.20. The number of hydrogen-bond donors (Lipinski definition) is 0. The Bertz CT molecular complexity index is 1310. The lowest BCUT2D eigenvalue weighted by atomic mass is 10.1. The van der Waals surface area contributed by atoms with E-state index >= 15 is 0 Å². The summed E-state index contributed by atoms with van der Waals surface area (Å²) in [5.74, 6) is 2.80. The third-order valence-corrected chi connectivity index (χ3v) is 7.59. The van der Waals surface area contributed by atoms with Crippen LogP contribution in [0.15, 0.2) is 46.9 Å². The van der Waals surface area contributed by atoms with Gasteiger partial charge in [0.25, 0.3) is 0 Å². The van der Waals surface area contributed by atoms with E-state index in [1.54, 1.807) is 11.3 Å². The van der Waals surface area contributed by atoms with Crippen molar-refractivity contribution >= 4 is 28.9 Å². The topological polar surface area (TPSA) is 71.2 Å². The van der Waals surface area contributed by atoms with Crippen molar-refractivity contribution in [1.29, 1.82) is 0 Å². The minimum absolute atomic E-state index is 0.0911.